The first-order valence-electron chi connectivity index (χ1n) is 8.33. The molecule has 23 heavy (non-hydrogen) atoms. The lowest BCUT2D eigenvalue weighted by atomic mass is 10.0. The molecule has 0 aliphatic carbocycles. The number of benzene rings is 1. The van der Waals surface area contributed by atoms with E-state index >= 15 is 0 Å². The fraction of sp³-hybridized carbons (Fsp3) is 0.444. The maximum atomic E-state index is 12.4. The highest BCUT2D eigenvalue weighted by molar-refractivity contribution is 5.82. The minimum absolute atomic E-state index is 0.119. The standard InChI is InChI=1S/C18H24N4O/c1-2-10-21-11-8-19-17(21)14-22-12-9-20-18(23)16(22)13-15-6-4-3-5-7-15/h3-8,11,16H,2,9-10,12-14H2,1H3,(H,20,23)/t16-/m0/s1. The molecule has 1 aromatic carbocycles. The summed E-state index contributed by atoms with van der Waals surface area (Å²) in [6.07, 6.45) is 5.69. The Balaban J connectivity index is 1.75. The maximum absolute atomic E-state index is 12.4. The lowest BCUT2D eigenvalue weighted by molar-refractivity contribution is -0.129. The predicted octanol–water partition coefficient (Wildman–Crippen LogP) is 1.84. The Morgan fingerprint density at radius 2 is 2.13 bits per heavy atom. The zero-order valence-corrected chi connectivity index (χ0v) is 13.6. The summed E-state index contributed by atoms with van der Waals surface area (Å²) in [7, 11) is 0. The zero-order chi connectivity index (χ0) is 16.1. The van der Waals surface area contributed by atoms with Crippen LogP contribution in [0.25, 0.3) is 0 Å². The van der Waals surface area contributed by atoms with Gasteiger partial charge in [-0.1, -0.05) is 37.3 Å². The van der Waals surface area contributed by atoms with Crippen molar-refractivity contribution in [1.82, 2.24) is 19.8 Å². The van der Waals surface area contributed by atoms with Gasteiger partial charge in [-0.2, -0.15) is 0 Å². The number of nitrogens with one attached hydrogen (secondary N) is 1. The highest BCUT2D eigenvalue weighted by Gasteiger charge is 2.30. The Bertz CT molecular complexity index is 637. The third-order valence-corrected chi connectivity index (χ3v) is 4.32. The van der Waals surface area contributed by atoms with E-state index < -0.39 is 0 Å². The molecule has 1 fully saturated rings. The van der Waals surface area contributed by atoms with E-state index in [1.54, 1.807) is 0 Å². The molecule has 122 valence electrons. The molecule has 1 N–H and O–H groups in total. The number of nitrogens with zero attached hydrogens (tertiary/aromatic N) is 3. The molecule has 0 saturated carbocycles. The smallest absolute Gasteiger partial charge is 0.237 e. The zero-order valence-electron chi connectivity index (χ0n) is 13.6. The molecule has 1 aliphatic rings. The molecule has 2 heterocycles. The third-order valence-electron chi connectivity index (χ3n) is 4.32. The summed E-state index contributed by atoms with van der Waals surface area (Å²) in [6, 6.07) is 10.1. The van der Waals surface area contributed by atoms with Crippen molar-refractivity contribution >= 4 is 5.91 Å². The predicted molar refractivity (Wildman–Crippen MR) is 89.9 cm³/mol. The van der Waals surface area contributed by atoms with Crippen molar-refractivity contribution in [3.8, 4) is 0 Å². The minimum atomic E-state index is -0.127. The lowest BCUT2D eigenvalue weighted by Gasteiger charge is -2.35. The lowest BCUT2D eigenvalue weighted by Crippen LogP contribution is -2.55. The van der Waals surface area contributed by atoms with Gasteiger partial charge in [0, 0.05) is 32.0 Å². The molecule has 1 atom stereocenters. The van der Waals surface area contributed by atoms with Gasteiger partial charge in [0.15, 0.2) is 0 Å². The van der Waals surface area contributed by atoms with Crippen LogP contribution in [0.3, 0.4) is 0 Å². The first-order chi connectivity index (χ1) is 11.3. The topological polar surface area (TPSA) is 50.2 Å². The van der Waals surface area contributed by atoms with Crippen LogP contribution in [0.15, 0.2) is 42.7 Å². The number of amides is 1. The molecule has 2 aromatic rings. The largest absolute Gasteiger partial charge is 0.353 e. The average Bonchev–Trinajstić information content (AvgIpc) is 2.99. The van der Waals surface area contributed by atoms with Crippen LogP contribution in [0.5, 0.6) is 0 Å². The number of carbonyl (C=O) groups is 1. The van der Waals surface area contributed by atoms with Gasteiger partial charge in [-0.15, -0.1) is 0 Å². The summed E-state index contributed by atoms with van der Waals surface area (Å²) in [5, 5.41) is 2.99. The molecule has 0 unspecified atom stereocenters. The number of rotatable bonds is 6. The summed E-state index contributed by atoms with van der Waals surface area (Å²) < 4.78 is 2.19. The molecular formula is C18H24N4O. The van der Waals surface area contributed by atoms with E-state index in [2.05, 4.69) is 38.8 Å². The van der Waals surface area contributed by atoms with Crippen molar-refractivity contribution < 1.29 is 4.79 Å². The SMILES string of the molecule is CCCn1ccnc1CN1CCNC(=O)[C@@H]1Cc1ccccc1. The van der Waals surface area contributed by atoms with Crippen LogP contribution in [0.1, 0.15) is 24.7 Å². The van der Waals surface area contributed by atoms with Gasteiger partial charge in [-0.25, -0.2) is 4.98 Å². The minimum Gasteiger partial charge on any atom is -0.353 e. The molecule has 0 spiro atoms. The molecule has 3 rings (SSSR count). The number of hydrogen-bond donors (Lipinski definition) is 1. The third kappa shape index (κ3) is 3.79. The second-order valence-corrected chi connectivity index (χ2v) is 6.00. The second-order valence-electron chi connectivity index (χ2n) is 6.00. The summed E-state index contributed by atoms with van der Waals surface area (Å²) in [6.45, 7) is 5.42. The van der Waals surface area contributed by atoms with Crippen LogP contribution < -0.4 is 5.32 Å². The monoisotopic (exact) mass is 312 g/mol. The van der Waals surface area contributed by atoms with Crippen LogP contribution in [0.4, 0.5) is 0 Å². The van der Waals surface area contributed by atoms with Crippen molar-refractivity contribution in [2.75, 3.05) is 13.1 Å². The van der Waals surface area contributed by atoms with E-state index in [0.717, 1.165) is 38.3 Å². The first kappa shape index (κ1) is 15.7. The Hall–Kier alpha value is -2.14. The number of imidazole rings is 1. The normalized spacial score (nSPS) is 18.8. The highest BCUT2D eigenvalue weighted by atomic mass is 16.2. The van der Waals surface area contributed by atoms with Crippen molar-refractivity contribution in [1.29, 1.82) is 0 Å². The Morgan fingerprint density at radius 3 is 2.91 bits per heavy atom. The van der Waals surface area contributed by atoms with Crippen LogP contribution >= 0.6 is 0 Å². The van der Waals surface area contributed by atoms with Gasteiger partial charge in [0.1, 0.15) is 5.82 Å². The number of aryl methyl sites for hydroxylation is 1. The van der Waals surface area contributed by atoms with Crippen LogP contribution in [0, 0.1) is 0 Å². The maximum Gasteiger partial charge on any atom is 0.237 e. The molecule has 5 heteroatoms. The van der Waals surface area contributed by atoms with E-state index in [-0.39, 0.29) is 11.9 Å². The van der Waals surface area contributed by atoms with E-state index in [9.17, 15) is 4.79 Å². The average molecular weight is 312 g/mol. The Morgan fingerprint density at radius 1 is 1.30 bits per heavy atom. The summed E-state index contributed by atoms with van der Waals surface area (Å²) >= 11 is 0. The molecule has 5 nitrogen and oxygen atoms in total. The molecular weight excluding hydrogens is 288 g/mol. The van der Waals surface area contributed by atoms with Gasteiger partial charge in [-0.05, 0) is 18.4 Å². The molecule has 1 amide bonds. The van der Waals surface area contributed by atoms with Crippen molar-refractivity contribution in [2.24, 2.45) is 0 Å². The van der Waals surface area contributed by atoms with E-state index in [1.165, 1.54) is 5.56 Å². The second kappa shape index (κ2) is 7.42. The van der Waals surface area contributed by atoms with Crippen molar-refractivity contribution in [3.63, 3.8) is 0 Å². The molecule has 0 radical (unpaired) electrons. The highest BCUT2D eigenvalue weighted by Crippen LogP contribution is 2.15. The van der Waals surface area contributed by atoms with Crippen molar-refractivity contribution in [2.45, 2.75) is 38.9 Å². The summed E-state index contributed by atoms with van der Waals surface area (Å²) in [4.78, 5) is 19.1. The summed E-state index contributed by atoms with van der Waals surface area (Å²) in [5.74, 6) is 1.16. The van der Waals surface area contributed by atoms with Gasteiger partial charge in [0.05, 0.1) is 12.6 Å². The first-order valence-corrected chi connectivity index (χ1v) is 8.33. The Kier molecular flexibility index (Phi) is 5.08. The van der Waals surface area contributed by atoms with Gasteiger partial charge in [-0.3, -0.25) is 9.69 Å². The van der Waals surface area contributed by atoms with E-state index in [0.29, 0.717) is 6.54 Å². The number of carbonyl (C=O) groups excluding carboxylic acids is 1. The number of piperazine rings is 1. The van der Waals surface area contributed by atoms with Crippen LogP contribution in [-0.2, 0) is 24.3 Å². The van der Waals surface area contributed by atoms with Gasteiger partial charge in [0.25, 0.3) is 0 Å². The van der Waals surface area contributed by atoms with E-state index in [4.69, 9.17) is 0 Å². The molecule has 1 aromatic heterocycles. The van der Waals surface area contributed by atoms with Crippen LogP contribution in [0.2, 0.25) is 0 Å². The van der Waals surface area contributed by atoms with Gasteiger partial charge < -0.3 is 9.88 Å². The number of aromatic nitrogens is 2. The quantitative estimate of drug-likeness (QED) is 0.885. The van der Waals surface area contributed by atoms with E-state index in [1.807, 2.05) is 30.6 Å². The fourth-order valence-corrected chi connectivity index (χ4v) is 3.13. The van der Waals surface area contributed by atoms with Gasteiger partial charge >= 0.3 is 0 Å². The summed E-state index contributed by atoms with van der Waals surface area (Å²) in [5.41, 5.74) is 1.19. The molecule has 1 saturated heterocycles. The Labute approximate surface area is 137 Å². The molecule has 0 bridgehead atoms. The molecule has 1 aliphatic heterocycles. The van der Waals surface area contributed by atoms with Gasteiger partial charge in [0.2, 0.25) is 5.91 Å². The fourth-order valence-electron chi connectivity index (χ4n) is 3.13. The number of hydrogen-bond acceptors (Lipinski definition) is 3. The van der Waals surface area contributed by atoms with Crippen molar-refractivity contribution in [3.05, 3.63) is 54.1 Å². The van der Waals surface area contributed by atoms with Crippen LogP contribution in [-0.4, -0.2) is 39.5 Å².